The van der Waals surface area contributed by atoms with Gasteiger partial charge >= 0.3 is 12.0 Å². The number of imide groups is 1. The summed E-state index contributed by atoms with van der Waals surface area (Å²) < 4.78 is 26.3. The molecule has 7 atom stereocenters. The highest BCUT2D eigenvalue weighted by Gasteiger charge is 2.76. The second-order valence-corrected chi connectivity index (χ2v) is 20.4. The van der Waals surface area contributed by atoms with Crippen molar-refractivity contribution >= 4 is 40.5 Å². The number of carbonyl (C=O) groups is 4. The van der Waals surface area contributed by atoms with E-state index >= 15 is 19.2 Å². The molecule has 0 saturated carbocycles. The minimum absolute atomic E-state index is 0.0980. The zero-order valence-electron chi connectivity index (χ0n) is 44.3. The Hall–Kier alpha value is -9.30. The van der Waals surface area contributed by atoms with Gasteiger partial charge in [0, 0.05) is 24.2 Å². The number of rotatable bonds is 12. The fourth-order valence-electron chi connectivity index (χ4n) is 12.5. The average Bonchev–Trinajstić information content (AvgIpc) is 3.50. The van der Waals surface area contributed by atoms with Crippen molar-refractivity contribution in [2.24, 2.45) is 5.92 Å². The molecule has 2 saturated heterocycles. The molecule has 0 radical (unpaired) electrons. The number of amides is 4. The number of fused-ring (bicyclic) bond motifs is 5. The van der Waals surface area contributed by atoms with Crippen molar-refractivity contribution in [2.45, 2.75) is 62.1 Å². The molecule has 1 spiro atoms. The molecule has 5 heterocycles. The van der Waals surface area contributed by atoms with E-state index in [0.29, 0.717) is 51.4 Å². The number of para-hydroxylation sites is 2. The highest BCUT2D eigenvalue weighted by Crippen LogP contribution is 2.67. The van der Waals surface area contributed by atoms with E-state index in [1.165, 1.54) is 0 Å². The van der Waals surface area contributed by atoms with Gasteiger partial charge in [0.05, 0.1) is 56.1 Å². The van der Waals surface area contributed by atoms with Gasteiger partial charge < -0.3 is 34.3 Å². The number of nitrogens with one attached hydrogen (secondary N) is 1. The Labute approximate surface area is 462 Å². The van der Waals surface area contributed by atoms with Crippen LogP contribution in [0.15, 0.2) is 170 Å². The lowest BCUT2D eigenvalue weighted by atomic mass is 9.64. The van der Waals surface area contributed by atoms with Crippen molar-refractivity contribution in [1.29, 1.82) is 0 Å². The van der Waals surface area contributed by atoms with Crippen molar-refractivity contribution in [3.8, 4) is 29.1 Å². The highest BCUT2D eigenvalue weighted by molar-refractivity contribution is 6.25. The molecular formula is C64H57N7O9. The van der Waals surface area contributed by atoms with Gasteiger partial charge in [-0.2, -0.15) is 0 Å². The van der Waals surface area contributed by atoms with Crippen LogP contribution in [-0.2, 0) is 44.0 Å². The van der Waals surface area contributed by atoms with Crippen molar-refractivity contribution in [2.75, 3.05) is 38.9 Å². The Bertz CT molecular complexity index is 3730. The van der Waals surface area contributed by atoms with E-state index < -0.39 is 65.4 Å². The summed E-state index contributed by atoms with van der Waals surface area (Å²) in [6.45, 7) is 1.87. The van der Waals surface area contributed by atoms with E-state index in [9.17, 15) is 5.11 Å². The third kappa shape index (κ3) is 8.75. The summed E-state index contributed by atoms with van der Waals surface area (Å²) in [5.74, 6) is 4.39. The number of methoxy groups -OCH3 is 2. The van der Waals surface area contributed by atoms with E-state index in [0.717, 1.165) is 32.7 Å². The molecule has 0 bridgehead atoms. The van der Waals surface area contributed by atoms with Gasteiger partial charge in [-0.3, -0.25) is 19.3 Å². The molecule has 80 heavy (non-hydrogen) atoms. The number of esters is 1. The topological polar surface area (TPSA) is 178 Å². The number of hydrogen-bond donors (Lipinski definition) is 2. The number of aromatic nitrogens is 3. The largest absolute Gasteiger partial charge is 0.493 e. The van der Waals surface area contributed by atoms with Crippen LogP contribution in [0.1, 0.15) is 75.7 Å². The van der Waals surface area contributed by atoms with Gasteiger partial charge in [-0.1, -0.05) is 138 Å². The summed E-state index contributed by atoms with van der Waals surface area (Å²) >= 11 is 0. The lowest BCUT2D eigenvalue weighted by molar-refractivity contribution is -0.179. The Morgan fingerprint density at radius 2 is 1.46 bits per heavy atom. The van der Waals surface area contributed by atoms with E-state index in [-0.39, 0.29) is 38.5 Å². The van der Waals surface area contributed by atoms with E-state index in [1.807, 2.05) is 151 Å². The molecule has 8 aromatic rings. The number of benzene rings is 7. The maximum atomic E-state index is 17.2. The Morgan fingerprint density at radius 1 is 0.787 bits per heavy atom. The van der Waals surface area contributed by atoms with E-state index in [2.05, 4.69) is 27.5 Å². The predicted molar refractivity (Wildman–Crippen MR) is 297 cm³/mol. The number of nitrogens with zero attached hydrogens (tertiary/aromatic N) is 6. The van der Waals surface area contributed by atoms with Crippen molar-refractivity contribution in [3.63, 3.8) is 0 Å². The molecule has 16 nitrogen and oxygen atoms in total. The molecule has 4 aliphatic rings. The third-order valence-corrected chi connectivity index (χ3v) is 16.0. The smallest absolute Gasteiger partial charge is 0.329 e. The van der Waals surface area contributed by atoms with Crippen LogP contribution in [-0.4, -0.2) is 93.7 Å². The second-order valence-electron chi connectivity index (χ2n) is 20.4. The van der Waals surface area contributed by atoms with Crippen LogP contribution in [0.5, 0.6) is 17.2 Å². The summed E-state index contributed by atoms with van der Waals surface area (Å²) in [6, 6.07) is 47.4. The number of aliphatic hydroxyl groups excluding tert-OH is 1. The van der Waals surface area contributed by atoms with Gasteiger partial charge in [0.15, 0.2) is 11.5 Å². The van der Waals surface area contributed by atoms with Crippen molar-refractivity contribution in [3.05, 3.63) is 214 Å². The van der Waals surface area contributed by atoms with Crippen molar-refractivity contribution < 1.29 is 43.2 Å². The molecule has 1 aromatic heterocycles. The van der Waals surface area contributed by atoms with Gasteiger partial charge in [0.2, 0.25) is 11.8 Å². The summed E-state index contributed by atoms with van der Waals surface area (Å²) in [7, 11) is 3.13. The Kier molecular flexibility index (Phi) is 13.8. The molecule has 402 valence electrons. The number of cyclic esters (lactones) is 1. The zero-order chi connectivity index (χ0) is 55.1. The van der Waals surface area contributed by atoms with E-state index in [1.54, 1.807) is 54.1 Å². The minimum atomic E-state index is -2.11. The van der Waals surface area contributed by atoms with Gasteiger partial charge in [0.25, 0.3) is 0 Å². The molecule has 12 rings (SSSR count). The SMILES string of the molecule is COc1cc2c(cc1OC)CN(C(=O)C1C3C(=O)OC(c4ccccc4)C(c4ccccc4)N3C(c3ccccc3OCCO)C13C(=O)N(C(=O)NC(C)c1ccccc1)c1ccc(C#CCn4nnc5ccccc54)cc13)CC2. The molecule has 7 unspecified atom stereocenters. The highest BCUT2D eigenvalue weighted by atomic mass is 16.6. The molecule has 0 aliphatic carbocycles. The first-order chi connectivity index (χ1) is 39.1. The van der Waals surface area contributed by atoms with E-state index in [4.69, 9.17) is 18.9 Å². The average molecular weight is 1070 g/mol. The first kappa shape index (κ1) is 51.5. The fourth-order valence-corrected chi connectivity index (χ4v) is 12.5. The minimum Gasteiger partial charge on any atom is -0.493 e. The molecule has 2 fully saturated rings. The monoisotopic (exact) mass is 1070 g/mol. The van der Waals surface area contributed by atoms with Crippen LogP contribution >= 0.6 is 0 Å². The summed E-state index contributed by atoms with van der Waals surface area (Å²) in [4.78, 5) is 70.3. The number of ether oxygens (including phenoxy) is 4. The van der Waals surface area contributed by atoms with Crippen LogP contribution in [0.2, 0.25) is 0 Å². The Morgan fingerprint density at radius 3 is 2.20 bits per heavy atom. The number of aliphatic hydroxyl groups is 1. The third-order valence-electron chi connectivity index (χ3n) is 16.0. The molecular weight excluding hydrogens is 1010 g/mol. The number of urea groups is 1. The number of morpholine rings is 1. The number of carbonyl (C=O) groups excluding carboxylic acids is 4. The van der Waals surface area contributed by atoms with Gasteiger partial charge in [-0.25, -0.2) is 14.4 Å². The van der Waals surface area contributed by atoms with Crippen LogP contribution in [0.25, 0.3) is 11.0 Å². The molecule has 16 heteroatoms. The maximum Gasteiger partial charge on any atom is 0.329 e. The molecule has 4 amide bonds. The standard InChI is InChI=1S/C64H57N7O9/c1-40(42-19-7-4-8-20-42)65-63(76)70-50-30-29-41(18-17-32-69-51-27-15-14-26-49(51)66-67-69)36-48(50)64(62(70)75)55(60(73)68-33-31-45-37-53(77-2)54(78-3)38-46(45)39-68)57-61(74)80-58(44-23-11-6-12-24-44)56(43-21-9-5-10-22-43)71(57)59(64)47-25-13-16-28-52(47)79-35-34-72/h4-16,19-30,36-38,40,55-59,72H,31-35,39H2,1-3H3,(H,65,76). The second kappa shape index (κ2) is 21.5. The maximum absolute atomic E-state index is 17.2. The molecule has 2 N–H and O–H groups in total. The lowest BCUT2D eigenvalue weighted by Crippen LogP contribution is -2.57. The fraction of sp³-hybridized carbons (Fsp3) is 0.250. The first-order valence-electron chi connectivity index (χ1n) is 26.7. The van der Waals surface area contributed by atoms with Crippen molar-refractivity contribution in [1.82, 2.24) is 30.1 Å². The van der Waals surface area contributed by atoms with Crippen LogP contribution in [0.3, 0.4) is 0 Å². The number of hydrogen-bond acceptors (Lipinski definition) is 12. The summed E-state index contributed by atoms with van der Waals surface area (Å²) in [5.41, 5.74) is 4.81. The zero-order valence-corrected chi connectivity index (χ0v) is 44.3. The lowest BCUT2D eigenvalue weighted by Gasteiger charge is -2.46. The first-order valence-corrected chi connectivity index (χ1v) is 26.7. The van der Waals surface area contributed by atoms with Crippen LogP contribution in [0, 0.1) is 17.8 Å². The Balaban J connectivity index is 1.13. The quantitative estimate of drug-likeness (QED) is 0.0881. The number of anilines is 1. The van der Waals surface area contributed by atoms with Gasteiger partial charge in [-0.05, 0) is 95.3 Å². The van der Waals surface area contributed by atoms with Crippen LogP contribution < -0.4 is 24.4 Å². The van der Waals surface area contributed by atoms with Crippen LogP contribution in [0.4, 0.5) is 10.5 Å². The molecule has 7 aromatic carbocycles. The molecule has 4 aliphatic heterocycles. The van der Waals surface area contributed by atoms with Gasteiger partial charge in [-0.15, -0.1) is 5.10 Å². The predicted octanol–water partition coefficient (Wildman–Crippen LogP) is 8.59. The van der Waals surface area contributed by atoms with Gasteiger partial charge in [0.1, 0.15) is 42.0 Å². The summed E-state index contributed by atoms with van der Waals surface area (Å²) in [6.07, 6.45) is -0.543. The summed E-state index contributed by atoms with van der Waals surface area (Å²) in [5, 5.41) is 22.1. The normalized spacial score (nSPS) is 21.4.